The average Bonchev–Trinajstić information content (AvgIpc) is 2.21. The molecule has 3 heteroatoms. The summed E-state index contributed by atoms with van der Waals surface area (Å²) in [7, 11) is 0. The number of hydrogen-bond donors (Lipinski definition) is 1. The van der Waals surface area contributed by atoms with Gasteiger partial charge in [-0.05, 0) is 38.4 Å². The van der Waals surface area contributed by atoms with Gasteiger partial charge < -0.3 is 5.73 Å². The highest BCUT2D eigenvalue weighted by atomic mass is 35.5. The minimum absolute atomic E-state index is 0.247. The van der Waals surface area contributed by atoms with Crippen LogP contribution in [0.2, 0.25) is 5.02 Å². The normalized spacial score (nSPS) is 11.9. The van der Waals surface area contributed by atoms with E-state index in [1.165, 1.54) is 6.07 Å². The van der Waals surface area contributed by atoms with Crippen molar-refractivity contribution in [3.8, 4) is 0 Å². The van der Waals surface area contributed by atoms with Gasteiger partial charge in [0.25, 0.3) is 0 Å². The number of benzene rings is 1. The van der Waals surface area contributed by atoms with Crippen molar-refractivity contribution < 1.29 is 4.39 Å². The van der Waals surface area contributed by atoms with Gasteiger partial charge in [-0.25, -0.2) is 4.39 Å². The van der Waals surface area contributed by atoms with E-state index in [9.17, 15) is 4.39 Å². The van der Waals surface area contributed by atoms with Crippen molar-refractivity contribution in [2.75, 3.05) is 6.54 Å². The van der Waals surface area contributed by atoms with E-state index in [1.807, 2.05) is 13.0 Å². The molecule has 0 spiro atoms. The van der Waals surface area contributed by atoms with Crippen molar-refractivity contribution in [2.45, 2.75) is 19.8 Å². The summed E-state index contributed by atoms with van der Waals surface area (Å²) in [6.45, 7) is 2.57. The van der Waals surface area contributed by atoms with Crippen LogP contribution in [0.25, 0.3) is 0 Å². The van der Waals surface area contributed by atoms with Crippen molar-refractivity contribution in [1.82, 2.24) is 0 Å². The van der Waals surface area contributed by atoms with Gasteiger partial charge >= 0.3 is 0 Å². The molecule has 0 aromatic heterocycles. The lowest BCUT2D eigenvalue weighted by Crippen LogP contribution is -1.98. The second-order valence-electron chi connectivity index (χ2n) is 3.50. The van der Waals surface area contributed by atoms with Crippen LogP contribution >= 0.6 is 11.6 Å². The molecule has 0 bridgehead atoms. The Kier molecular flexibility index (Phi) is 4.79. The largest absolute Gasteiger partial charge is 0.330 e. The summed E-state index contributed by atoms with van der Waals surface area (Å²) < 4.78 is 13.4. The summed E-state index contributed by atoms with van der Waals surface area (Å²) in [5.74, 6) is -0.247. The molecule has 1 rings (SSSR count). The zero-order chi connectivity index (χ0) is 11.3. The van der Waals surface area contributed by atoms with Gasteiger partial charge in [-0.15, -0.1) is 0 Å². The van der Waals surface area contributed by atoms with Crippen molar-refractivity contribution in [1.29, 1.82) is 0 Å². The van der Waals surface area contributed by atoms with Crippen LogP contribution in [0.3, 0.4) is 0 Å². The van der Waals surface area contributed by atoms with Crippen LogP contribution in [-0.2, 0) is 6.42 Å². The fourth-order valence-electron chi connectivity index (χ4n) is 1.38. The molecule has 0 saturated heterocycles. The minimum atomic E-state index is -0.247. The topological polar surface area (TPSA) is 26.0 Å². The van der Waals surface area contributed by atoms with Crippen molar-refractivity contribution in [3.05, 3.63) is 46.3 Å². The van der Waals surface area contributed by atoms with Gasteiger partial charge in [0.15, 0.2) is 0 Å². The minimum Gasteiger partial charge on any atom is -0.330 e. The standard InChI is InChI=1S/C12H15ClFN/c1-9(4-3-7-15)8-10-11(13)5-2-6-12(10)14/h2,4-6H,3,7-8,15H2,1H3. The molecule has 0 aliphatic carbocycles. The third kappa shape index (κ3) is 3.65. The molecule has 0 atom stereocenters. The van der Waals surface area contributed by atoms with Gasteiger partial charge in [0.1, 0.15) is 5.82 Å². The zero-order valence-electron chi connectivity index (χ0n) is 8.76. The van der Waals surface area contributed by atoms with Crippen LogP contribution in [0.15, 0.2) is 29.8 Å². The first kappa shape index (κ1) is 12.2. The Morgan fingerprint density at radius 3 is 2.87 bits per heavy atom. The number of allylic oxidation sites excluding steroid dienone is 1. The smallest absolute Gasteiger partial charge is 0.128 e. The summed E-state index contributed by atoms with van der Waals surface area (Å²) in [4.78, 5) is 0. The number of halogens is 2. The van der Waals surface area contributed by atoms with Crippen LogP contribution in [0, 0.1) is 5.82 Å². The Hall–Kier alpha value is -0.860. The average molecular weight is 228 g/mol. The molecule has 2 N–H and O–H groups in total. The van der Waals surface area contributed by atoms with E-state index in [2.05, 4.69) is 0 Å². The van der Waals surface area contributed by atoms with E-state index in [0.717, 1.165) is 12.0 Å². The highest BCUT2D eigenvalue weighted by Gasteiger charge is 2.06. The van der Waals surface area contributed by atoms with Gasteiger partial charge in [0.05, 0.1) is 0 Å². The predicted molar refractivity (Wildman–Crippen MR) is 62.5 cm³/mol. The second kappa shape index (κ2) is 5.89. The molecule has 0 amide bonds. The molecular weight excluding hydrogens is 213 g/mol. The third-order valence-corrected chi connectivity index (χ3v) is 2.53. The molecule has 0 fully saturated rings. The number of hydrogen-bond acceptors (Lipinski definition) is 1. The Labute approximate surface area is 94.7 Å². The fraction of sp³-hybridized carbons (Fsp3) is 0.333. The molecule has 1 aromatic rings. The Morgan fingerprint density at radius 2 is 2.27 bits per heavy atom. The van der Waals surface area contributed by atoms with E-state index in [1.54, 1.807) is 12.1 Å². The van der Waals surface area contributed by atoms with E-state index in [0.29, 0.717) is 23.6 Å². The molecule has 0 unspecified atom stereocenters. The summed E-state index contributed by atoms with van der Waals surface area (Å²) in [5, 5.41) is 0.482. The third-order valence-electron chi connectivity index (χ3n) is 2.18. The zero-order valence-corrected chi connectivity index (χ0v) is 9.52. The monoisotopic (exact) mass is 227 g/mol. The van der Waals surface area contributed by atoms with Gasteiger partial charge in [0, 0.05) is 10.6 Å². The van der Waals surface area contributed by atoms with Crippen LogP contribution in [-0.4, -0.2) is 6.54 Å². The molecule has 1 nitrogen and oxygen atoms in total. The SMILES string of the molecule is CC(=CCCN)Cc1c(F)cccc1Cl. The number of nitrogens with two attached hydrogens (primary N) is 1. The molecular formula is C12H15ClFN. The predicted octanol–water partition coefficient (Wildman–Crippen LogP) is 3.32. The summed E-state index contributed by atoms with van der Waals surface area (Å²) >= 11 is 5.92. The second-order valence-corrected chi connectivity index (χ2v) is 3.91. The van der Waals surface area contributed by atoms with Crippen LogP contribution in [0.5, 0.6) is 0 Å². The Bertz CT molecular complexity index is 340. The van der Waals surface area contributed by atoms with Crippen LogP contribution < -0.4 is 5.73 Å². The summed E-state index contributed by atoms with van der Waals surface area (Å²) in [6, 6.07) is 4.74. The van der Waals surface area contributed by atoms with Gasteiger partial charge in [-0.3, -0.25) is 0 Å². The van der Waals surface area contributed by atoms with Crippen molar-refractivity contribution in [2.24, 2.45) is 5.73 Å². The maximum absolute atomic E-state index is 13.4. The van der Waals surface area contributed by atoms with Gasteiger partial charge in [0.2, 0.25) is 0 Å². The van der Waals surface area contributed by atoms with E-state index >= 15 is 0 Å². The molecule has 0 saturated carbocycles. The Morgan fingerprint density at radius 1 is 1.53 bits per heavy atom. The summed E-state index contributed by atoms with van der Waals surface area (Å²) in [5.41, 5.74) is 7.04. The van der Waals surface area contributed by atoms with Crippen molar-refractivity contribution in [3.63, 3.8) is 0 Å². The lowest BCUT2D eigenvalue weighted by atomic mass is 10.0. The first-order chi connectivity index (χ1) is 7.15. The molecule has 82 valence electrons. The van der Waals surface area contributed by atoms with Gasteiger partial charge in [-0.1, -0.05) is 29.3 Å². The van der Waals surface area contributed by atoms with Gasteiger partial charge in [-0.2, -0.15) is 0 Å². The summed E-state index contributed by atoms with van der Waals surface area (Å²) in [6.07, 6.45) is 3.38. The van der Waals surface area contributed by atoms with Crippen molar-refractivity contribution >= 4 is 11.6 Å². The van der Waals surface area contributed by atoms with E-state index < -0.39 is 0 Å². The maximum atomic E-state index is 13.4. The quantitative estimate of drug-likeness (QED) is 0.785. The highest BCUT2D eigenvalue weighted by molar-refractivity contribution is 6.31. The first-order valence-corrected chi connectivity index (χ1v) is 5.31. The molecule has 15 heavy (non-hydrogen) atoms. The van der Waals surface area contributed by atoms with E-state index in [4.69, 9.17) is 17.3 Å². The molecule has 0 aliphatic heterocycles. The molecule has 0 radical (unpaired) electrons. The Balaban J connectivity index is 2.80. The van der Waals surface area contributed by atoms with Crippen LogP contribution in [0.4, 0.5) is 4.39 Å². The maximum Gasteiger partial charge on any atom is 0.128 e. The van der Waals surface area contributed by atoms with E-state index in [-0.39, 0.29) is 5.82 Å². The first-order valence-electron chi connectivity index (χ1n) is 4.93. The lowest BCUT2D eigenvalue weighted by molar-refractivity contribution is 0.613. The van der Waals surface area contributed by atoms with Crippen LogP contribution in [0.1, 0.15) is 18.9 Å². The molecule has 0 heterocycles. The molecule has 0 aliphatic rings. The number of rotatable bonds is 4. The lowest BCUT2D eigenvalue weighted by Gasteiger charge is -2.06. The molecule has 1 aromatic carbocycles. The highest BCUT2D eigenvalue weighted by Crippen LogP contribution is 2.21. The fourth-order valence-corrected chi connectivity index (χ4v) is 1.61.